The van der Waals surface area contributed by atoms with Gasteiger partial charge in [0.25, 0.3) is 0 Å². The standard InChI is InChI=1S/C16H19Cl2NS/c1-4-7-19-15(14-8-11(3)16(18)20-14)12-6-5-10(2)13(17)9-12/h5-6,8-9,15,19H,4,7H2,1-3H3. The monoisotopic (exact) mass is 327 g/mol. The summed E-state index contributed by atoms with van der Waals surface area (Å²) < 4.78 is 0.863. The highest BCUT2D eigenvalue weighted by molar-refractivity contribution is 7.16. The molecule has 1 N–H and O–H groups in total. The molecule has 1 nitrogen and oxygen atoms in total. The van der Waals surface area contributed by atoms with Crippen molar-refractivity contribution in [2.75, 3.05) is 6.54 Å². The molecule has 4 heteroatoms. The first-order valence-electron chi connectivity index (χ1n) is 6.78. The number of hydrogen-bond donors (Lipinski definition) is 1. The average Bonchev–Trinajstić information content (AvgIpc) is 2.74. The molecular weight excluding hydrogens is 309 g/mol. The van der Waals surface area contributed by atoms with Gasteiger partial charge in [0.1, 0.15) is 0 Å². The second kappa shape index (κ2) is 6.95. The van der Waals surface area contributed by atoms with Crippen molar-refractivity contribution in [3.8, 4) is 0 Å². The van der Waals surface area contributed by atoms with Crippen LogP contribution in [0.4, 0.5) is 0 Å². The average molecular weight is 328 g/mol. The summed E-state index contributed by atoms with van der Waals surface area (Å²) in [6.45, 7) is 7.19. The lowest BCUT2D eigenvalue weighted by Gasteiger charge is -2.18. The summed E-state index contributed by atoms with van der Waals surface area (Å²) in [6.07, 6.45) is 1.09. The molecule has 2 aromatic rings. The van der Waals surface area contributed by atoms with Crippen molar-refractivity contribution >= 4 is 34.5 Å². The van der Waals surface area contributed by atoms with Crippen LogP contribution >= 0.6 is 34.5 Å². The minimum atomic E-state index is 0.157. The molecule has 0 bridgehead atoms. The third-order valence-corrected chi connectivity index (χ3v) is 5.32. The maximum Gasteiger partial charge on any atom is 0.0961 e. The topological polar surface area (TPSA) is 12.0 Å². The van der Waals surface area contributed by atoms with Crippen LogP contribution in [0.2, 0.25) is 9.36 Å². The molecule has 0 spiro atoms. The summed E-state index contributed by atoms with van der Waals surface area (Å²) in [5.74, 6) is 0. The smallest absolute Gasteiger partial charge is 0.0961 e. The Morgan fingerprint density at radius 3 is 2.45 bits per heavy atom. The second-order valence-electron chi connectivity index (χ2n) is 5.00. The highest BCUT2D eigenvalue weighted by Crippen LogP contribution is 2.35. The first-order valence-corrected chi connectivity index (χ1v) is 8.35. The lowest BCUT2D eigenvalue weighted by Crippen LogP contribution is -2.22. The first-order chi connectivity index (χ1) is 9.52. The van der Waals surface area contributed by atoms with Crippen LogP contribution in [0, 0.1) is 13.8 Å². The summed E-state index contributed by atoms with van der Waals surface area (Å²) in [5.41, 5.74) is 3.42. The van der Waals surface area contributed by atoms with E-state index in [0.717, 1.165) is 33.5 Å². The van der Waals surface area contributed by atoms with Crippen LogP contribution < -0.4 is 5.32 Å². The van der Waals surface area contributed by atoms with E-state index in [-0.39, 0.29) is 6.04 Å². The maximum absolute atomic E-state index is 6.27. The van der Waals surface area contributed by atoms with E-state index >= 15 is 0 Å². The van der Waals surface area contributed by atoms with Crippen molar-refractivity contribution in [3.63, 3.8) is 0 Å². The molecule has 0 radical (unpaired) electrons. The van der Waals surface area contributed by atoms with Crippen molar-refractivity contribution < 1.29 is 0 Å². The molecule has 1 atom stereocenters. The van der Waals surface area contributed by atoms with Gasteiger partial charge in [0.05, 0.1) is 10.4 Å². The molecule has 0 aliphatic carbocycles. The van der Waals surface area contributed by atoms with Gasteiger partial charge in [-0.1, -0.05) is 42.3 Å². The van der Waals surface area contributed by atoms with Gasteiger partial charge in [-0.3, -0.25) is 0 Å². The van der Waals surface area contributed by atoms with Crippen LogP contribution in [-0.2, 0) is 0 Å². The Bertz CT molecular complexity index is 573. The van der Waals surface area contributed by atoms with E-state index in [2.05, 4.69) is 30.4 Å². The van der Waals surface area contributed by atoms with Gasteiger partial charge in [0.2, 0.25) is 0 Å². The molecule has 0 amide bonds. The molecule has 0 saturated carbocycles. The van der Waals surface area contributed by atoms with Crippen molar-refractivity contribution in [2.24, 2.45) is 0 Å². The van der Waals surface area contributed by atoms with Gasteiger partial charge in [-0.25, -0.2) is 0 Å². The summed E-state index contributed by atoms with van der Waals surface area (Å²) in [7, 11) is 0. The van der Waals surface area contributed by atoms with Gasteiger partial charge in [-0.2, -0.15) is 0 Å². The summed E-state index contributed by atoms with van der Waals surface area (Å²) >= 11 is 14.1. The zero-order chi connectivity index (χ0) is 14.7. The molecule has 0 saturated heterocycles. The van der Waals surface area contributed by atoms with Crippen molar-refractivity contribution in [1.29, 1.82) is 0 Å². The van der Waals surface area contributed by atoms with Crippen molar-refractivity contribution in [2.45, 2.75) is 33.2 Å². The van der Waals surface area contributed by atoms with Crippen LogP contribution in [-0.4, -0.2) is 6.54 Å². The molecule has 1 aromatic carbocycles. The Morgan fingerprint density at radius 2 is 1.90 bits per heavy atom. The van der Waals surface area contributed by atoms with Crippen LogP contribution in [0.3, 0.4) is 0 Å². The lowest BCUT2D eigenvalue weighted by molar-refractivity contribution is 0.605. The number of halogens is 2. The number of thiophene rings is 1. The van der Waals surface area contributed by atoms with E-state index in [0.29, 0.717) is 0 Å². The highest BCUT2D eigenvalue weighted by Gasteiger charge is 2.17. The largest absolute Gasteiger partial charge is 0.306 e. The fraction of sp³-hybridized carbons (Fsp3) is 0.375. The second-order valence-corrected chi connectivity index (χ2v) is 7.09. The fourth-order valence-corrected chi connectivity index (χ4v) is 3.60. The SMILES string of the molecule is CCCNC(c1ccc(C)c(Cl)c1)c1cc(C)c(Cl)s1. The number of benzene rings is 1. The Hall–Kier alpha value is -0.540. The van der Waals surface area contributed by atoms with Gasteiger partial charge in [-0.05, 0) is 55.6 Å². The Balaban J connectivity index is 2.38. The fourth-order valence-electron chi connectivity index (χ4n) is 2.09. The summed E-state index contributed by atoms with van der Waals surface area (Å²) in [5, 5.41) is 4.39. The number of aryl methyl sites for hydroxylation is 2. The van der Waals surface area contributed by atoms with Crippen LogP contribution in [0.5, 0.6) is 0 Å². The number of rotatable bonds is 5. The first kappa shape index (κ1) is 15.8. The predicted molar refractivity (Wildman–Crippen MR) is 90.4 cm³/mol. The lowest BCUT2D eigenvalue weighted by atomic mass is 10.0. The van der Waals surface area contributed by atoms with E-state index in [4.69, 9.17) is 23.2 Å². The summed E-state index contributed by atoms with van der Waals surface area (Å²) in [4.78, 5) is 1.24. The van der Waals surface area contributed by atoms with E-state index in [1.54, 1.807) is 11.3 Å². The minimum Gasteiger partial charge on any atom is -0.306 e. The molecule has 2 rings (SSSR count). The van der Waals surface area contributed by atoms with Gasteiger partial charge in [-0.15, -0.1) is 11.3 Å². The molecule has 1 heterocycles. The van der Waals surface area contributed by atoms with E-state index < -0.39 is 0 Å². The van der Waals surface area contributed by atoms with Crippen LogP contribution in [0.1, 0.15) is 41.0 Å². The Morgan fingerprint density at radius 1 is 1.15 bits per heavy atom. The normalized spacial score (nSPS) is 12.7. The molecular formula is C16H19Cl2NS. The molecule has 1 aromatic heterocycles. The third-order valence-electron chi connectivity index (χ3n) is 3.29. The zero-order valence-corrected chi connectivity index (χ0v) is 14.3. The Kier molecular flexibility index (Phi) is 5.50. The van der Waals surface area contributed by atoms with Crippen LogP contribution in [0.25, 0.3) is 0 Å². The number of hydrogen-bond acceptors (Lipinski definition) is 2. The van der Waals surface area contributed by atoms with Gasteiger partial charge in [0.15, 0.2) is 0 Å². The number of nitrogens with one attached hydrogen (secondary N) is 1. The van der Waals surface area contributed by atoms with Crippen LogP contribution in [0.15, 0.2) is 24.3 Å². The molecule has 1 unspecified atom stereocenters. The maximum atomic E-state index is 6.27. The highest BCUT2D eigenvalue weighted by atomic mass is 35.5. The van der Waals surface area contributed by atoms with E-state index in [1.165, 1.54) is 10.4 Å². The molecule has 20 heavy (non-hydrogen) atoms. The Labute approximate surface area is 134 Å². The molecule has 108 valence electrons. The molecule has 0 aliphatic heterocycles. The van der Waals surface area contributed by atoms with E-state index in [1.807, 2.05) is 19.9 Å². The molecule has 0 aliphatic rings. The quantitative estimate of drug-likeness (QED) is 0.736. The van der Waals surface area contributed by atoms with Gasteiger partial charge >= 0.3 is 0 Å². The predicted octanol–water partition coefficient (Wildman–Crippen LogP) is 5.76. The van der Waals surface area contributed by atoms with Crippen molar-refractivity contribution in [1.82, 2.24) is 5.32 Å². The van der Waals surface area contributed by atoms with Gasteiger partial charge < -0.3 is 5.32 Å². The zero-order valence-electron chi connectivity index (χ0n) is 12.0. The van der Waals surface area contributed by atoms with Crippen molar-refractivity contribution in [3.05, 3.63) is 55.2 Å². The van der Waals surface area contributed by atoms with Gasteiger partial charge in [0, 0.05) is 9.90 Å². The summed E-state index contributed by atoms with van der Waals surface area (Å²) in [6, 6.07) is 8.57. The molecule has 0 fully saturated rings. The van der Waals surface area contributed by atoms with E-state index in [9.17, 15) is 0 Å². The minimum absolute atomic E-state index is 0.157. The third kappa shape index (κ3) is 3.56.